The number of carboxylic acid groups (broad SMARTS) is 2. The minimum atomic E-state index is -2.33. The molecule has 6 heteroatoms. The second-order valence-corrected chi connectivity index (χ2v) is 0.250. The third-order valence-corrected chi connectivity index (χ3v) is 0. The van der Waals surface area contributed by atoms with Crippen LogP contribution in [0.3, 0.4) is 0 Å². The van der Waals surface area contributed by atoms with Gasteiger partial charge in [-0.1, -0.05) is 0 Å². The van der Waals surface area contributed by atoms with Crippen LogP contribution >= 0.6 is 0 Å². The molecule has 0 fully saturated rings. The number of hydrogen-bond acceptors (Lipinski definition) is 4. The van der Waals surface area contributed by atoms with E-state index in [1.165, 1.54) is 0 Å². The number of hydrogen-bond donors (Lipinski definition) is 0. The average molecular weight is 302 g/mol. The molecule has 0 heterocycles. The van der Waals surface area contributed by atoms with Gasteiger partial charge in [0, 0.05) is 0 Å². The molecule has 0 atom stereocenters. The zero-order valence-corrected chi connectivity index (χ0v) is 11.5. The maximum atomic E-state index is 8.33. The molecule has 0 aromatic carbocycles. The molecule has 0 bridgehead atoms. The quantitative estimate of drug-likeness (QED) is 0.436. The van der Waals surface area contributed by atoms with Crippen molar-refractivity contribution in [1.82, 2.24) is 0 Å². The average Bonchev–Trinajstić information content (AvgIpc) is 0.811. The van der Waals surface area contributed by atoms with E-state index in [2.05, 4.69) is 0 Å². The maximum Gasteiger partial charge on any atom is 2.00 e. The minimum Gasteiger partial charge on any atom is -0.870 e. The van der Waals surface area contributed by atoms with Gasteiger partial charge in [0.05, 0.1) is 0 Å². The van der Waals surface area contributed by atoms with E-state index in [-0.39, 0.29) is 99.8 Å². The predicted molar refractivity (Wildman–Crippen MR) is 18.8 cm³/mol. The number of rotatable bonds is 0. The van der Waals surface area contributed by atoms with Crippen LogP contribution in [0.5, 0.6) is 0 Å². The molecule has 7 heavy (non-hydrogen) atoms. The second-order valence-electron chi connectivity index (χ2n) is 0.250. The fraction of sp³-hybridized carbons (Fsp3) is 0. The van der Waals surface area contributed by atoms with Gasteiger partial charge in [0.1, 0.15) is 0 Å². The van der Waals surface area contributed by atoms with Crippen LogP contribution in [0, 0.1) is 0 Å². The van der Waals surface area contributed by atoms with Crippen LogP contribution in [-0.4, -0.2) is 106 Å². The van der Waals surface area contributed by atoms with Gasteiger partial charge in [0.2, 0.25) is 0 Å². The van der Waals surface area contributed by atoms with E-state index < -0.39 is 6.16 Å². The molecule has 0 rings (SSSR count). The summed E-state index contributed by atoms with van der Waals surface area (Å²) < 4.78 is 0. The zero-order chi connectivity index (χ0) is 3.58. The van der Waals surface area contributed by atoms with E-state index in [4.69, 9.17) is 15.0 Å². The van der Waals surface area contributed by atoms with E-state index in [0.717, 1.165) is 0 Å². The van der Waals surface area contributed by atoms with Crippen molar-refractivity contribution >= 4 is 101 Å². The van der Waals surface area contributed by atoms with E-state index in [0.29, 0.717) is 0 Å². The summed E-state index contributed by atoms with van der Waals surface area (Å²) in [5.41, 5.74) is 0. The monoisotopic (exact) mass is 303 g/mol. The van der Waals surface area contributed by atoms with Gasteiger partial charge in [-0.15, -0.1) is 0 Å². The summed E-state index contributed by atoms with van der Waals surface area (Å²) in [5, 5.41) is 16.7. The Bertz CT molecular complexity index is 34.7. The maximum absolute atomic E-state index is 8.33. The first-order chi connectivity index (χ1) is 1.73. The molecule has 0 aliphatic rings. The molecule has 0 aromatic heterocycles. The summed E-state index contributed by atoms with van der Waals surface area (Å²) in [4.78, 5) is 8.33. The van der Waals surface area contributed by atoms with Gasteiger partial charge in [-0.3, -0.25) is 0 Å². The SMILES string of the molecule is O=C([O-])[O-].[Ba+2].[OH-].[Sr+2]. The Balaban J connectivity index is -0.0000000150. The summed E-state index contributed by atoms with van der Waals surface area (Å²) in [7, 11) is 0. The molecule has 0 amide bonds. The molecule has 1 N–H and O–H groups in total. The molecule has 0 aliphatic heterocycles. The van der Waals surface area contributed by atoms with Crippen LogP contribution in [0.4, 0.5) is 4.79 Å². The molecule has 0 radical (unpaired) electrons. The number of carbonyl (C=O) groups is 1. The molecule has 0 spiro atoms. The summed E-state index contributed by atoms with van der Waals surface area (Å²) in [6.45, 7) is 0. The Morgan fingerprint density at radius 1 is 1.29 bits per heavy atom. The third kappa shape index (κ3) is 62.8. The smallest absolute Gasteiger partial charge is 0.870 e. The Labute approximate surface area is 118 Å². The molecule has 32 valence electrons. The van der Waals surface area contributed by atoms with Gasteiger partial charge in [-0.05, 0) is 6.16 Å². The van der Waals surface area contributed by atoms with Gasteiger partial charge < -0.3 is 20.5 Å². The Morgan fingerprint density at radius 3 is 1.29 bits per heavy atom. The zero-order valence-electron chi connectivity index (χ0n) is 3.59. The molecule has 0 saturated heterocycles. The summed E-state index contributed by atoms with van der Waals surface area (Å²) in [6.07, 6.45) is -2.33. The fourth-order valence-electron chi connectivity index (χ4n) is 0. The fourth-order valence-corrected chi connectivity index (χ4v) is 0. The second kappa shape index (κ2) is 15.7. The van der Waals surface area contributed by atoms with Crippen LogP contribution < -0.4 is 10.2 Å². The minimum absolute atomic E-state index is 0. The molecule has 0 aliphatic carbocycles. The van der Waals surface area contributed by atoms with Crippen LogP contribution in [0.15, 0.2) is 0 Å². The van der Waals surface area contributed by atoms with Crippen molar-refractivity contribution in [2.24, 2.45) is 0 Å². The van der Waals surface area contributed by atoms with Gasteiger partial charge in [-0.25, -0.2) is 0 Å². The van der Waals surface area contributed by atoms with Crippen LogP contribution in [0.1, 0.15) is 0 Å². The van der Waals surface area contributed by atoms with Crippen molar-refractivity contribution in [3.63, 3.8) is 0 Å². The van der Waals surface area contributed by atoms with Gasteiger partial charge in [-0.2, -0.15) is 0 Å². The molecule has 0 unspecified atom stereocenters. The van der Waals surface area contributed by atoms with Crippen LogP contribution in [0.25, 0.3) is 0 Å². The first-order valence-electron chi connectivity index (χ1n) is 0.612. The van der Waals surface area contributed by atoms with Crippen molar-refractivity contribution in [3.05, 3.63) is 0 Å². The molecule has 0 aromatic rings. The third-order valence-electron chi connectivity index (χ3n) is 0. The molecule has 4 nitrogen and oxygen atoms in total. The van der Waals surface area contributed by atoms with Crippen molar-refractivity contribution in [3.8, 4) is 0 Å². The van der Waals surface area contributed by atoms with Crippen molar-refractivity contribution in [2.75, 3.05) is 0 Å². The predicted octanol–water partition coefficient (Wildman–Crippen LogP) is -3.39. The van der Waals surface area contributed by atoms with E-state index >= 15 is 0 Å². The van der Waals surface area contributed by atoms with Gasteiger partial charge in [0.15, 0.2) is 0 Å². The van der Waals surface area contributed by atoms with E-state index in [1.807, 2.05) is 0 Å². The van der Waals surface area contributed by atoms with Crippen molar-refractivity contribution in [1.29, 1.82) is 0 Å². The molecular weight excluding hydrogens is 301 g/mol. The normalized spacial score (nSPS) is 3.43. The number of carbonyl (C=O) groups excluding carboxylic acids is 1. The Hall–Kier alpha value is 2.28. The van der Waals surface area contributed by atoms with E-state index in [9.17, 15) is 0 Å². The molecule has 0 saturated carbocycles. The summed E-state index contributed by atoms with van der Waals surface area (Å²) in [6, 6.07) is 0. The summed E-state index contributed by atoms with van der Waals surface area (Å²) in [5.74, 6) is 0. The first-order valence-corrected chi connectivity index (χ1v) is 0.612. The topological polar surface area (TPSA) is 93.2 Å². The standard InChI is InChI=1S/CH2O3.Ba.H2O.Sr/c2-1(3)4;;;/h(H2,2,3,4);;1H2;/q;+2;;+2/p-3. The molecular formula is CHBaO4Sr+. The first kappa shape index (κ1) is 22.8. The van der Waals surface area contributed by atoms with Crippen molar-refractivity contribution in [2.45, 2.75) is 0 Å². The Kier molecular flexibility index (Phi) is 51.3. The van der Waals surface area contributed by atoms with E-state index in [1.54, 1.807) is 0 Å². The summed E-state index contributed by atoms with van der Waals surface area (Å²) >= 11 is 0. The van der Waals surface area contributed by atoms with Crippen LogP contribution in [0.2, 0.25) is 0 Å². The van der Waals surface area contributed by atoms with Crippen LogP contribution in [-0.2, 0) is 0 Å². The van der Waals surface area contributed by atoms with Crippen molar-refractivity contribution < 1.29 is 20.5 Å². The van der Waals surface area contributed by atoms with Gasteiger partial charge in [0.25, 0.3) is 0 Å². The largest absolute Gasteiger partial charge is 2.00 e. The Morgan fingerprint density at radius 2 is 1.29 bits per heavy atom. The van der Waals surface area contributed by atoms with Gasteiger partial charge >= 0.3 is 94.4 Å².